The van der Waals surface area contributed by atoms with Crippen molar-refractivity contribution in [3.8, 4) is 5.75 Å². The minimum atomic E-state index is -1.76. The Morgan fingerprint density at radius 3 is 2.48 bits per heavy atom. The van der Waals surface area contributed by atoms with Crippen molar-refractivity contribution in [2.75, 3.05) is 19.6 Å². The number of phenolic OH excluding ortho intramolecular Hbond substituents is 1. The molecular formula is C17H19N3O7. The Hall–Kier alpha value is -3.24. The van der Waals surface area contributed by atoms with Crippen molar-refractivity contribution in [3.63, 3.8) is 0 Å². The molecule has 0 unspecified atom stereocenters. The number of benzene rings is 1. The Balaban J connectivity index is 2.06. The summed E-state index contributed by atoms with van der Waals surface area (Å²) in [6, 6.07) is 4.95. The van der Waals surface area contributed by atoms with Crippen LogP contribution >= 0.6 is 0 Å². The van der Waals surface area contributed by atoms with Crippen molar-refractivity contribution in [1.82, 2.24) is 15.2 Å². The molecule has 0 bridgehead atoms. The van der Waals surface area contributed by atoms with Crippen molar-refractivity contribution >= 4 is 28.8 Å². The molecule has 0 aliphatic heterocycles. The lowest BCUT2D eigenvalue weighted by Crippen LogP contribution is -2.46. The summed E-state index contributed by atoms with van der Waals surface area (Å²) in [5.74, 6) is -4.08. The fourth-order valence-electron chi connectivity index (χ4n) is 2.59. The molecule has 5 N–H and O–H groups in total. The molecule has 0 aliphatic rings. The van der Waals surface area contributed by atoms with Gasteiger partial charge in [-0.3, -0.25) is 20.0 Å². The fourth-order valence-corrected chi connectivity index (χ4v) is 2.59. The zero-order valence-electron chi connectivity index (χ0n) is 14.2. The first-order valence-corrected chi connectivity index (χ1v) is 7.97. The number of nitrogens with zero attached hydrogens (tertiary/aromatic N) is 2. The second-order valence-electron chi connectivity index (χ2n) is 5.86. The first kappa shape index (κ1) is 20.1. The van der Waals surface area contributed by atoms with E-state index in [2.05, 4.69) is 10.3 Å². The monoisotopic (exact) mass is 377 g/mol. The van der Waals surface area contributed by atoms with Crippen molar-refractivity contribution in [2.24, 2.45) is 0 Å². The van der Waals surface area contributed by atoms with Gasteiger partial charge in [0.05, 0.1) is 6.54 Å². The van der Waals surface area contributed by atoms with Crippen LogP contribution in [0.3, 0.4) is 0 Å². The van der Waals surface area contributed by atoms with Crippen molar-refractivity contribution in [3.05, 3.63) is 36.0 Å². The van der Waals surface area contributed by atoms with Gasteiger partial charge in [0.15, 0.2) is 0 Å². The summed E-state index contributed by atoms with van der Waals surface area (Å²) in [5, 5.41) is 39.5. The van der Waals surface area contributed by atoms with E-state index in [1.54, 1.807) is 18.2 Å². The molecule has 1 aromatic carbocycles. The molecule has 10 heteroatoms. The van der Waals surface area contributed by atoms with E-state index in [0.29, 0.717) is 16.5 Å². The van der Waals surface area contributed by atoms with E-state index in [9.17, 15) is 19.5 Å². The van der Waals surface area contributed by atoms with E-state index in [0.717, 1.165) is 0 Å². The van der Waals surface area contributed by atoms with Crippen molar-refractivity contribution in [1.29, 1.82) is 0 Å². The third-order valence-electron chi connectivity index (χ3n) is 3.78. The molecule has 27 heavy (non-hydrogen) atoms. The van der Waals surface area contributed by atoms with Gasteiger partial charge in [-0.05, 0) is 17.7 Å². The van der Waals surface area contributed by atoms with Gasteiger partial charge in [-0.15, -0.1) is 0 Å². The Morgan fingerprint density at radius 2 is 1.85 bits per heavy atom. The fraction of sp³-hybridized carbons (Fsp3) is 0.294. The highest BCUT2D eigenvalue weighted by Gasteiger charge is 2.25. The number of pyridine rings is 1. The number of nitrogens with one attached hydrogen (secondary N) is 1. The minimum absolute atomic E-state index is 0.0294. The second kappa shape index (κ2) is 8.92. The highest BCUT2D eigenvalue weighted by molar-refractivity contribution is 5.97. The van der Waals surface area contributed by atoms with Gasteiger partial charge < -0.3 is 20.4 Å². The predicted molar refractivity (Wildman–Crippen MR) is 93.4 cm³/mol. The lowest BCUT2D eigenvalue weighted by molar-refractivity contribution is -0.151. The molecule has 0 spiro atoms. The third-order valence-corrected chi connectivity index (χ3v) is 3.78. The average Bonchev–Trinajstić information content (AvgIpc) is 2.57. The van der Waals surface area contributed by atoms with Gasteiger partial charge in [-0.25, -0.2) is 9.59 Å². The Bertz CT molecular complexity index is 842. The predicted octanol–water partition coefficient (Wildman–Crippen LogP) is -0.0456. The summed E-state index contributed by atoms with van der Waals surface area (Å²) in [5.41, 5.74) is 1.13. The normalized spacial score (nSPS) is 11.2. The van der Waals surface area contributed by atoms with Gasteiger partial charge >= 0.3 is 17.9 Å². The zero-order chi connectivity index (χ0) is 20.0. The van der Waals surface area contributed by atoms with Crippen LogP contribution in [-0.2, 0) is 20.9 Å². The number of hydrogen-bond donors (Lipinski definition) is 5. The van der Waals surface area contributed by atoms with Crippen LogP contribution in [0.5, 0.6) is 5.75 Å². The smallest absolute Gasteiger partial charge is 0.332 e. The molecule has 0 fully saturated rings. The highest BCUT2D eigenvalue weighted by atomic mass is 16.4. The number of carbonyl (C=O) groups is 3. The SMILES string of the molecule is O=C(O)CN(CCNC(C(=O)O)C(=O)O)Cc1cnc2c(O)cccc2c1. The molecule has 1 heterocycles. The molecule has 0 atom stereocenters. The number of carboxylic acid groups (broad SMARTS) is 3. The number of rotatable bonds is 10. The standard InChI is InChI=1S/C17H19N3O7/c21-12-3-1-2-11-6-10(7-19-14(11)12)8-20(9-13(22)23)5-4-18-15(16(24)25)17(26)27/h1-3,6-7,15,18,21H,4-5,8-9H2,(H,22,23)(H,24,25)(H,26,27). The topological polar surface area (TPSA) is 160 Å². The van der Waals surface area contributed by atoms with Crippen LogP contribution in [0.1, 0.15) is 5.56 Å². The lowest BCUT2D eigenvalue weighted by Gasteiger charge is -2.21. The van der Waals surface area contributed by atoms with E-state index < -0.39 is 23.9 Å². The maximum absolute atomic E-state index is 11.1. The van der Waals surface area contributed by atoms with Gasteiger partial charge in [0, 0.05) is 31.2 Å². The largest absolute Gasteiger partial charge is 0.506 e. The molecule has 1 aromatic heterocycles. The van der Waals surface area contributed by atoms with E-state index in [4.69, 9.17) is 15.3 Å². The molecular weight excluding hydrogens is 358 g/mol. The van der Waals surface area contributed by atoms with Gasteiger partial charge in [0.25, 0.3) is 0 Å². The third kappa shape index (κ3) is 5.62. The number of para-hydroxylation sites is 1. The molecule has 0 aliphatic carbocycles. The Morgan fingerprint density at radius 1 is 1.15 bits per heavy atom. The van der Waals surface area contributed by atoms with Gasteiger partial charge in [-0.1, -0.05) is 12.1 Å². The van der Waals surface area contributed by atoms with Crippen molar-refractivity contribution in [2.45, 2.75) is 12.6 Å². The maximum Gasteiger partial charge on any atom is 0.332 e. The molecule has 0 saturated carbocycles. The number of phenols is 1. The van der Waals surface area contributed by atoms with Gasteiger partial charge in [0.2, 0.25) is 6.04 Å². The summed E-state index contributed by atoms with van der Waals surface area (Å²) in [4.78, 5) is 38.5. The van der Waals surface area contributed by atoms with Gasteiger partial charge in [0.1, 0.15) is 11.3 Å². The summed E-state index contributed by atoms with van der Waals surface area (Å²) in [6.07, 6.45) is 1.52. The lowest BCUT2D eigenvalue weighted by atomic mass is 10.1. The van der Waals surface area contributed by atoms with Crippen LogP contribution < -0.4 is 5.32 Å². The summed E-state index contributed by atoms with van der Waals surface area (Å²) >= 11 is 0. The van der Waals surface area contributed by atoms with E-state index in [-0.39, 0.29) is 31.9 Å². The summed E-state index contributed by atoms with van der Waals surface area (Å²) < 4.78 is 0. The zero-order valence-corrected chi connectivity index (χ0v) is 14.2. The number of fused-ring (bicyclic) bond motifs is 1. The molecule has 0 saturated heterocycles. The average molecular weight is 377 g/mol. The molecule has 0 radical (unpaired) electrons. The second-order valence-corrected chi connectivity index (χ2v) is 5.86. The summed E-state index contributed by atoms with van der Waals surface area (Å²) in [6.45, 7) is -0.0261. The Kier molecular flexibility index (Phi) is 6.63. The van der Waals surface area contributed by atoms with Crippen LogP contribution in [-0.4, -0.2) is 73.9 Å². The first-order valence-electron chi connectivity index (χ1n) is 7.97. The molecule has 144 valence electrons. The highest BCUT2D eigenvalue weighted by Crippen LogP contribution is 2.22. The van der Waals surface area contributed by atoms with Gasteiger partial charge in [-0.2, -0.15) is 0 Å². The van der Waals surface area contributed by atoms with Crippen LogP contribution in [0.4, 0.5) is 0 Å². The molecule has 0 amide bonds. The van der Waals surface area contributed by atoms with Crippen molar-refractivity contribution < 1.29 is 34.8 Å². The Labute approximate surface area is 153 Å². The quantitative estimate of drug-likeness (QED) is 0.355. The van der Waals surface area contributed by atoms with Crippen LogP contribution in [0, 0.1) is 0 Å². The number of aromatic nitrogens is 1. The summed E-state index contributed by atoms with van der Waals surface area (Å²) in [7, 11) is 0. The van der Waals surface area contributed by atoms with Crippen LogP contribution in [0.2, 0.25) is 0 Å². The number of aromatic hydroxyl groups is 1. The van der Waals surface area contributed by atoms with E-state index in [1.165, 1.54) is 17.2 Å². The first-order chi connectivity index (χ1) is 12.8. The minimum Gasteiger partial charge on any atom is -0.506 e. The number of hydrogen-bond acceptors (Lipinski definition) is 7. The van der Waals surface area contributed by atoms with Crippen LogP contribution in [0.25, 0.3) is 10.9 Å². The molecule has 2 aromatic rings. The number of aliphatic carboxylic acids is 3. The van der Waals surface area contributed by atoms with E-state index >= 15 is 0 Å². The number of carboxylic acids is 3. The van der Waals surface area contributed by atoms with E-state index in [1.807, 2.05) is 0 Å². The molecule has 2 rings (SSSR count). The van der Waals surface area contributed by atoms with Crippen LogP contribution in [0.15, 0.2) is 30.5 Å². The maximum atomic E-state index is 11.1. The molecule has 10 nitrogen and oxygen atoms in total.